The van der Waals surface area contributed by atoms with Crippen molar-refractivity contribution in [1.29, 1.82) is 0 Å². The number of aryl methyl sites for hydroxylation is 1. The van der Waals surface area contributed by atoms with Gasteiger partial charge in [0.15, 0.2) is 17.5 Å². The monoisotopic (exact) mass is 423 g/mol. The normalized spacial score (nSPS) is 17.3. The van der Waals surface area contributed by atoms with Crippen LogP contribution in [0, 0.1) is 6.92 Å². The van der Waals surface area contributed by atoms with Crippen LogP contribution in [-0.4, -0.2) is 63.3 Å². The summed E-state index contributed by atoms with van der Waals surface area (Å²) >= 11 is 0. The molecule has 2 aliphatic heterocycles. The fourth-order valence-corrected chi connectivity index (χ4v) is 3.98. The molecular weight excluding hydrogens is 390 g/mol. The maximum atomic E-state index is 6.07. The largest absolute Gasteiger partial charge is 0.490 e. The third kappa shape index (κ3) is 6.04. The molecule has 166 valence electrons. The summed E-state index contributed by atoms with van der Waals surface area (Å²) in [6.07, 6.45) is 1.88. The topological polar surface area (TPSA) is 75.4 Å². The molecule has 0 saturated carbocycles. The number of piperazine rings is 1. The van der Waals surface area contributed by atoms with Crippen LogP contribution in [0.1, 0.15) is 18.4 Å². The van der Waals surface area contributed by atoms with Crippen molar-refractivity contribution in [3.8, 4) is 11.5 Å². The molecule has 4 rings (SSSR count). The highest BCUT2D eigenvalue weighted by atomic mass is 16.5. The molecule has 0 aliphatic carbocycles. The summed E-state index contributed by atoms with van der Waals surface area (Å²) in [4.78, 5) is 9.46. The average molecular weight is 424 g/mol. The molecule has 0 amide bonds. The van der Waals surface area contributed by atoms with Gasteiger partial charge in [-0.1, -0.05) is 12.1 Å². The lowest BCUT2D eigenvalue weighted by molar-refractivity contribution is 0.256. The Morgan fingerprint density at radius 1 is 1.03 bits per heavy atom. The Morgan fingerprint density at radius 3 is 2.65 bits per heavy atom. The molecule has 7 nitrogen and oxygen atoms in total. The predicted octanol–water partition coefficient (Wildman–Crippen LogP) is 3.10. The summed E-state index contributed by atoms with van der Waals surface area (Å²) < 4.78 is 11.4. The van der Waals surface area contributed by atoms with Crippen LogP contribution >= 0.6 is 0 Å². The van der Waals surface area contributed by atoms with Crippen LogP contribution in [0.3, 0.4) is 0 Å². The lowest BCUT2D eigenvalue weighted by Crippen LogP contribution is -2.46. The first-order chi connectivity index (χ1) is 15.2. The number of hydrogen-bond acceptors (Lipinski definition) is 5. The minimum Gasteiger partial charge on any atom is -0.490 e. The minimum atomic E-state index is 0.429. The number of guanidine groups is 1. The van der Waals surface area contributed by atoms with Gasteiger partial charge >= 0.3 is 0 Å². The molecule has 1 saturated heterocycles. The summed E-state index contributed by atoms with van der Waals surface area (Å²) in [5, 5.41) is 3.15. The molecular formula is C24H33N5O2. The molecule has 0 bridgehead atoms. The van der Waals surface area contributed by atoms with Gasteiger partial charge in [0.1, 0.15) is 0 Å². The van der Waals surface area contributed by atoms with Crippen LogP contribution in [0.25, 0.3) is 0 Å². The number of hydrogen-bond donors (Lipinski definition) is 2. The molecule has 0 aromatic heterocycles. The molecule has 0 atom stereocenters. The number of aliphatic imine (C=N–C) groups is 1. The van der Waals surface area contributed by atoms with Gasteiger partial charge in [-0.2, -0.15) is 0 Å². The second-order valence-corrected chi connectivity index (χ2v) is 8.13. The average Bonchev–Trinajstić information content (AvgIpc) is 3.02. The Balaban J connectivity index is 1.18. The highest BCUT2D eigenvalue weighted by Gasteiger charge is 2.16. The van der Waals surface area contributed by atoms with Crippen molar-refractivity contribution in [3.05, 3.63) is 48.0 Å². The first kappa shape index (κ1) is 21.3. The van der Waals surface area contributed by atoms with E-state index >= 15 is 0 Å². The van der Waals surface area contributed by atoms with E-state index in [-0.39, 0.29) is 0 Å². The fourth-order valence-electron chi connectivity index (χ4n) is 3.98. The lowest BCUT2D eigenvalue weighted by atomic mass is 10.2. The van der Waals surface area contributed by atoms with Crippen LogP contribution in [0.15, 0.2) is 47.5 Å². The number of nitrogens with one attached hydrogen (secondary N) is 1. The number of ether oxygens (including phenoxy) is 2. The zero-order valence-electron chi connectivity index (χ0n) is 18.3. The first-order valence-electron chi connectivity index (χ1n) is 11.2. The van der Waals surface area contributed by atoms with Crippen LogP contribution < -0.4 is 25.4 Å². The minimum absolute atomic E-state index is 0.429. The number of nitrogens with zero attached hydrogens (tertiary/aromatic N) is 3. The van der Waals surface area contributed by atoms with E-state index in [2.05, 4.69) is 51.3 Å². The van der Waals surface area contributed by atoms with Crippen LogP contribution in [-0.2, 0) is 0 Å². The molecule has 0 radical (unpaired) electrons. The molecule has 1 fully saturated rings. The SMILES string of the molecule is Cc1cccc(N2CCN(CCCN=C(N)Nc3ccc4c(c3)OCCCO4)CC2)c1. The van der Waals surface area contributed by atoms with Gasteiger partial charge in [-0.05, 0) is 43.2 Å². The van der Waals surface area contributed by atoms with Crippen molar-refractivity contribution in [2.45, 2.75) is 19.8 Å². The summed E-state index contributed by atoms with van der Waals surface area (Å²) in [5.74, 6) is 1.96. The van der Waals surface area contributed by atoms with E-state index < -0.39 is 0 Å². The summed E-state index contributed by atoms with van der Waals surface area (Å²) in [7, 11) is 0. The van der Waals surface area contributed by atoms with E-state index in [1.54, 1.807) is 0 Å². The van der Waals surface area contributed by atoms with Gasteiger partial charge < -0.3 is 25.4 Å². The Bertz CT molecular complexity index is 893. The highest BCUT2D eigenvalue weighted by molar-refractivity contribution is 5.92. The molecule has 0 unspecified atom stereocenters. The number of fused-ring (bicyclic) bond motifs is 1. The zero-order chi connectivity index (χ0) is 21.5. The van der Waals surface area contributed by atoms with E-state index in [1.807, 2.05) is 18.2 Å². The molecule has 2 aliphatic rings. The Labute approximate surface area is 184 Å². The summed E-state index contributed by atoms with van der Waals surface area (Å²) in [6.45, 7) is 9.57. The van der Waals surface area contributed by atoms with Gasteiger partial charge in [0.05, 0.1) is 13.2 Å². The van der Waals surface area contributed by atoms with Gasteiger partial charge in [-0.3, -0.25) is 9.89 Å². The van der Waals surface area contributed by atoms with Gasteiger partial charge in [0.25, 0.3) is 0 Å². The van der Waals surface area contributed by atoms with Gasteiger partial charge in [0, 0.05) is 63.1 Å². The lowest BCUT2D eigenvalue weighted by Gasteiger charge is -2.36. The van der Waals surface area contributed by atoms with Crippen molar-refractivity contribution in [2.24, 2.45) is 10.7 Å². The number of benzene rings is 2. The van der Waals surface area contributed by atoms with E-state index in [1.165, 1.54) is 11.3 Å². The summed E-state index contributed by atoms with van der Waals surface area (Å²) in [5.41, 5.74) is 9.58. The summed E-state index contributed by atoms with van der Waals surface area (Å²) in [6, 6.07) is 14.5. The van der Waals surface area contributed by atoms with Crippen LogP contribution in [0.5, 0.6) is 11.5 Å². The van der Waals surface area contributed by atoms with Crippen molar-refractivity contribution in [1.82, 2.24) is 4.90 Å². The van der Waals surface area contributed by atoms with E-state index in [0.29, 0.717) is 25.7 Å². The number of anilines is 2. The van der Waals surface area contributed by atoms with Crippen molar-refractivity contribution < 1.29 is 9.47 Å². The van der Waals surface area contributed by atoms with E-state index in [4.69, 9.17) is 15.2 Å². The predicted molar refractivity (Wildman–Crippen MR) is 127 cm³/mol. The maximum Gasteiger partial charge on any atom is 0.193 e. The van der Waals surface area contributed by atoms with Gasteiger partial charge in [0.2, 0.25) is 0 Å². The maximum absolute atomic E-state index is 6.07. The van der Waals surface area contributed by atoms with E-state index in [9.17, 15) is 0 Å². The molecule has 2 aromatic carbocycles. The van der Waals surface area contributed by atoms with Gasteiger partial charge in [-0.25, -0.2) is 0 Å². The molecule has 7 heteroatoms. The Kier molecular flexibility index (Phi) is 7.14. The standard InChI is InChI=1S/C24H33N5O2/c1-19-5-2-6-21(17-19)29-13-11-28(12-14-29)10-3-9-26-24(25)27-20-7-8-22-23(18-20)31-16-4-15-30-22/h2,5-8,17-18H,3-4,9-16H2,1H3,(H3,25,26,27). The van der Waals surface area contributed by atoms with Crippen molar-refractivity contribution in [3.63, 3.8) is 0 Å². The smallest absolute Gasteiger partial charge is 0.193 e. The van der Waals surface area contributed by atoms with Crippen LogP contribution in [0.2, 0.25) is 0 Å². The molecule has 0 spiro atoms. The molecule has 2 heterocycles. The molecule has 2 aromatic rings. The first-order valence-corrected chi connectivity index (χ1v) is 11.2. The highest BCUT2D eigenvalue weighted by Crippen LogP contribution is 2.32. The third-order valence-corrected chi connectivity index (χ3v) is 5.67. The second-order valence-electron chi connectivity index (χ2n) is 8.13. The van der Waals surface area contributed by atoms with Gasteiger partial charge in [-0.15, -0.1) is 0 Å². The third-order valence-electron chi connectivity index (χ3n) is 5.67. The Hall–Kier alpha value is -2.93. The zero-order valence-corrected chi connectivity index (χ0v) is 18.3. The van der Waals surface area contributed by atoms with Crippen molar-refractivity contribution in [2.75, 3.05) is 62.7 Å². The van der Waals surface area contributed by atoms with Crippen molar-refractivity contribution >= 4 is 17.3 Å². The molecule has 3 N–H and O–H groups in total. The Morgan fingerprint density at radius 2 is 1.84 bits per heavy atom. The molecule has 31 heavy (non-hydrogen) atoms. The second kappa shape index (κ2) is 10.4. The van der Waals surface area contributed by atoms with Crippen LogP contribution in [0.4, 0.5) is 11.4 Å². The van der Waals surface area contributed by atoms with E-state index in [0.717, 1.165) is 62.8 Å². The number of rotatable bonds is 6. The number of nitrogens with two attached hydrogens (primary N) is 1. The fraction of sp³-hybridized carbons (Fsp3) is 0.458. The quantitative estimate of drug-likeness (QED) is 0.423.